The van der Waals surface area contributed by atoms with Crippen LogP contribution in [0.3, 0.4) is 0 Å². The molecule has 0 spiro atoms. The molecule has 86 valence electrons. The highest BCUT2D eigenvalue weighted by Crippen LogP contribution is 1.79. The molecule has 0 saturated heterocycles. The summed E-state index contributed by atoms with van der Waals surface area (Å²) in [4.78, 5) is 0. The van der Waals surface area contributed by atoms with E-state index in [4.69, 9.17) is 5.26 Å². The molecule has 0 aromatic heterocycles. The van der Waals surface area contributed by atoms with Crippen LogP contribution in [-0.4, -0.2) is 0 Å². The minimum absolute atomic E-state index is 0.625. The first-order chi connectivity index (χ1) is 7.33. The number of hydrogen-bond donors (Lipinski definition) is 0. The van der Waals surface area contributed by atoms with Gasteiger partial charge in [0.05, 0.1) is 6.07 Å². The van der Waals surface area contributed by atoms with Crippen LogP contribution < -0.4 is 0 Å². The highest BCUT2D eigenvalue weighted by molar-refractivity contribution is 4.99. The van der Waals surface area contributed by atoms with Crippen molar-refractivity contribution in [3.05, 3.63) is 36.4 Å². The van der Waals surface area contributed by atoms with E-state index in [0.717, 1.165) is 0 Å². The van der Waals surface area contributed by atoms with Gasteiger partial charge < -0.3 is 0 Å². The van der Waals surface area contributed by atoms with Crippen LogP contribution in [-0.2, 0) is 0 Å². The zero-order chi connectivity index (χ0) is 12.4. The molecule has 0 aliphatic heterocycles. The molecule has 0 bridgehead atoms. The van der Waals surface area contributed by atoms with Crippen LogP contribution in [0.1, 0.15) is 47.5 Å². The molecule has 0 saturated carbocycles. The van der Waals surface area contributed by atoms with Gasteiger partial charge in [-0.15, -0.1) is 0 Å². The van der Waals surface area contributed by atoms with Gasteiger partial charge in [0.15, 0.2) is 0 Å². The molecule has 0 unspecified atom stereocenters. The normalized spacial score (nSPS) is 6.13. The Hall–Kier alpha value is -1.29. The van der Waals surface area contributed by atoms with Crippen molar-refractivity contribution in [2.24, 2.45) is 0 Å². The Morgan fingerprint density at radius 1 is 0.800 bits per heavy atom. The van der Waals surface area contributed by atoms with Crippen LogP contribution in [0.2, 0.25) is 0 Å². The first kappa shape index (κ1) is 19.3. The molecule has 0 fully saturated rings. The Kier molecular flexibility index (Phi) is 37.7. The van der Waals surface area contributed by atoms with Crippen LogP contribution in [0.15, 0.2) is 36.4 Å². The molecule has 0 aliphatic rings. The standard InChI is InChI=1S/C6H6.C3H5N.C3H8.C2H6/c1-2-4-6-5-3-1;1-2-3-4;1-3-2;1-2/h1-6H;2H2,1H3;3H2,1-2H3;1-2H3. The molecule has 15 heavy (non-hydrogen) atoms. The van der Waals surface area contributed by atoms with Crippen LogP contribution in [0.5, 0.6) is 0 Å². The zero-order valence-electron chi connectivity index (χ0n) is 10.8. The van der Waals surface area contributed by atoms with Gasteiger partial charge in [-0.25, -0.2) is 0 Å². The fourth-order valence-corrected chi connectivity index (χ4v) is 0.385. The van der Waals surface area contributed by atoms with Gasteiger partial charge in [0.25, 0.3) is 0 Å². The van der Waals surface area contributed by atoms with E-state index in [1.165, 1.54) is 6.42 Å². The zero-order valence-corrected chi connectivity index (χ0v) is 10.8. The van der Waals surface area contributed by atoms with Crippen molar-refractivity contribution in [2.45, 2.75) is 47.5 Å². The maximum Gasteiger partial charge on any atom is 0.0618 e. The Bertz CT molecular complexity index is 160. The third kappa shape index (κ3) is 44.7. The van der Waals surface area contributed by atoms with Crippen LogP contribution in [0, 0.1) is 11.3 Å². The fraction of sp³-hybridized carbons (Fsp3) is 0.500. The van der Waals surface area contributed by atoms with Crippen molar-refractivity contribution in [3.63, 3.8) is 0 Å². The van der Waals surface area contributed by atoms with Crippen molar-refractivity contribution < 1.29 is 0 Å². The van der Waals surface area contributed by atoms with Gasteiger partial charge in [-0.2, -0.15) is 5.26 Å². The van der Waals surface area contributed by atoms with E-state index >= 15 is 0 Å². The Labute approximate surface area is 95.8 Å². The predicted octanol–water partition coefficient (Wildman–Crippen LogP) is 5.05. The van der Waals surface area contributed by atoms with E-state index in [-0.39, 0.29) is 0 Å². The van der Waals surface area contributed by atoms with E-state index in [9.17, 15) is 0 Å². The summed E-state index contributed by atoms with van der Waals surface area (Å²) in [5.41, 5.74) is 0. The summed E-state index contributed by atoms with van der Waals surface area (Å²) in [6.45, 7) is 10.1. The number of hydrogen-bond acceptors (Lipinski definition) is 1. The average Bonchev–Trinajstić information content (AvgIpc) is 2.35. The molecule has 0 amide bonds. The van der Waals surface area contributed by atoms with Crippen LogP contribution >= 0.6 is 0 Å². The van der Waals surface area contributed by atoms with Crippen LogP contribution in [0.25, 0.3) is 0 Å². The summed E-state index contributed by atoms with van der Waals surface area (Å²) >= 11 is 0. The molecule has 0 radical (unpaired) electrons. The van der Waals surface area contributed by atoms with E-state index < -0.39 is 0 Å². The molecule has 0 aliphatic carbocycles. The summed E-state index contributed by atoms with van der Waals surface area (Å²) in [5, 5.41) is 7.62. The second-order valence-electron chi connectivity index (χ2n) is 2.37. The van der Waals surface area contributed by atoms with Crippen LogP contribution in [0.4, 0.5) is 0 Å². The molecule has 0 atom stereocenters. The first-order valence-corrected chi connectivity index (χ1v) is 5.70. The van der Waals surface area contributed by atoms with E-state index in [0.29, 0.717) is 6.42 Å². The topological polar surface area (TPSA) is 23.8 Å². The molecule has 0 heterocycles. The molecule has 1 heteroatoms. The summed E-state index contributed by atoms with van der Waals surface area (Å²) in [7, 11) is 0. The third-order valence-electron chi connectivity index (χ3n) is 0.825. The number of benzene rings is 1. The second-order valence-corrected chi connectivity index (χ2v) is 2.37. The molecule has 1 aromatic rings. The van der Waals surface area contributed by atoms with Crippen molar-refractivity contribution in [2.75, 3.05) is 0 Å². The quantitative estimate of drug-likeness (QED) is 0.584. The SMILES string of the molecule is CC.CCC.CCC#N.c1ccccc1. The predicted molar refractivity (Wildman–Crippen MR) is 69.7 cm³/mol. The Morgan fingerprint density at radius 3 is 1.00 bits per heavy atom. The van der Waals surface area contributed by atoms with Crippen molar-refractivity contribution in [1.82, 2.24) is 0 Å². The van der Waals surface area contributed by atoms with Gasteiger partial charge in [-0.1, -0.05) is 77.4 Å². The summed E-state index contributed by atoms with van der Waals surface area (Å²) in [6, 6.07) is 13.9. The van der Waals surface area contributed by atoms with Crippen molar-refractivity contribution >= 4 is 0 Å². The highest BCUT2D eigenvalue weighted by atomic mass is 14.2. The summed E-state index contributed by atoms with van der Waals surface area (Å²) in [5.74, 6) is 0. The van der Waals surface area contributed by atoms with Crippen molar-refractivity contribution in [1.29, 1.82) is 5.26 Å². The lowest BCUT2D eigenvalue weighted by Crippen LogP contribution is -1.47. The lowest BCUT2D eigenvalue weighted by molar-refractivity contribution is 1.09. The minimum Gasteiger partial charge on any atom is -0.198 e. The molecule has 1 nitrogen and oxygen atoms in total. The first-order valence-electron chi connectivity index (χ1n) is 5.70. The number of nitriles is 1. The molecule has 0 N–H and O–H groups in total. The highest BCUT2D eigenvalue weighted by Gasteiger charge is 1.57. The number of rotatable bonds is 0. The maximum absolute atomic E-state index is 7.62. The molecular formula is C14H25N. The maximum atomic E-state index is 7.62. The average molecular weight is 207 g/mol. The smallest absolute Gasteiger partial charge is 0.0618 e. The lowest BCUT2D eigenvalue weighted by Gasteiger charge is -1.69. The molecule has 1 rings (SSSR count). The minimum atomic E-state index is 0.625. The van der Waals surface area contributed by atoms with E-state index in [1.54, 1.807) is 0 Å². The van der Waals surface area contributed by atoms with Gasteiger partial charge >= 0.3 is 0 Å². The summed E-state index contributed by atoms with van der Waals surface area (Å²) < 4.78 is 0. The van der Waals surface area contributed by atoms with Gasteiger partial charge in [0, 0.05) is 6.42 Å². The van der Waals surface area contributed by atoms with E-state index in [2.05, 4.69) is 13.8 Å². The van der Waals surface area contributed by atoms with Crippen molar-refractivity contribution in [3.8, 4) is 6.07 Å². The largest absolute Gasteiger partial charge is 0.198 e. The lowest BCUT2D eigenvalue weighted by atomic mass is 10.4. The Balaban J connectivity index is -0.000000142. The number of nitrogens with zero attached hydrogens (tertiary/aromatic N) is 1. The summed E-state index contributed by atoms with van der Waals surface area (Å²) in [6.07, 6.45) is 1.88. The van der Waals surface area contributed by atoms with Gasteiger partial charge in [-0.3, -0.25) is 0 Å². The van der Waals surface area contributed by atoms with Gasteiger partial charge in [0.2, 0.25) is 0 Å². The van der Waals surface area contributed by atoms with Gasteiger partial charge in [-0.05, 0) is 0 Å². The monoisotopic (exact) mass is 207 g/mol. The molecular weight excluding hydrogens is 182 g/mol. The fourth-order valence-electron chi connectivity index (χ4n) is 0.385. The Morgan fingerprint density at radius 2 is 0.933 bits per heavy atom. The second kappa shape index (κ2) is 29.3. The van der Waals surface area contributed by atoms with Gasteiger partial charge in [0.1, 0.15) is 0 Å². The molecule has 1 aromatic carbocycles. The van der Waals surface area contributed by atoms with E-state index in [1.807, 2.05) is 63.2 Å². The third-order valence-corrected chi connectivity index (χ3v) is 0.825.